The Balaban J connectivity index is 2.19. The predicted octanol–water partition coefficient (Wildman–Crippen LogP) is 0.649. The van der Waals surface area contributed by atoms with Crippen molar-refractivity contribution in [3.05, 3.63) is 41.7 Å². The number of aromatic nitrogens is 2. The van der Waals surface area contributed by atoms with Crippen LogP contribution in [0.2, 0.25) is 0 Å². The van der Waals surface area contributed by atoms with Crippen molar-refractivity contribution in [1.82, 2.24) is 19.1 Å². The average Bonchev–Trinajstić information content (AvgIpc) is 2.52. The topological polar surface area (TPSA) is 121 Å². The fourth-order valence-corrected chi connectivity index (χ4v) is 3.69. The lowest BCUT2D eigenvalue weighted by Crippen LogP contribution is -2.30. The average molecular weight is 385 g/mol. The number of rotatable bonds is 6. The van der Waals surface area contributed by atoms with E-state index in [1.54, 1.807) is 19.9 Å². The van der Waals surface area contributed by atoms with Gasteiger partial charge in [0, 0.05) is 25.5 Å². The van der Waals surface area contributed by atoms with E-state index in [4.69, 9.17) is 0 Å². The summed E-state index contributed by atoms with van der Waals surface area (Å²) in [7, 11) is -4.74. The lowest BCUT2D eigenvalue weighted by atomic mass is 10.4. The van der Waals surface area contributed by atoms with Crippen molar-refractivity contribution in [2.24, 2.45) is 0 Å². The molecule has 0 spiro atoms. The van der Waals surface area contributed by atoms with Crippen LogP contribution in [0.25, 0.3) is 0 Å². The van der Waals surface area contributed by atoms with Crippen LogP contribution in [0, 0.1) is 13.8 Å². The first-order chi connectivity index (χ1) is 11.5. The van der Waals surface area contributed by atoms with E-state index >= 15 is 0 Å². The SMILES string of the molecule is Cc1cc(C)nc(NNS(=O)(=O)c2ccc(S(=O)(=O)N(C)C)cc2)n1. The van der Waals surface area contributed by atoms with Crippen molar-refractivity contribution in [2.45, 2.75) is 23.6 Å². The van der Waals surface area contributed by atoms with Crippen molar-refractivity contribution < 1.29 is 16.8 Å². The third-order valence-corrected chi connectivity index (χ3v) is 6.28. The summed E-state index contributed by atoms with van der Waals surface area (Å²) in [6, 6.07) is 6.64. The predicted molar refractivity (Wildman–Crippen MR) is 92.8 cm³/mol. The minimum absolute atomic E-state index is 0.00190. The molecule has 1 heterocycles. The Bertz CT molecular complexity index is 951. The van der Waals surface area contributed by atoms with Crippen molar-refractivity contribution in [3.8, 4) is 0 Å². The number of hydrazine groups is 1. The molecule has 1 aromatic carbocycles. The van der Waals surface area contributed by atoms with Gasteiger partial charge in [-0.3, -0.25) is 5.43 Å². The maximum atomic E-state index is 12.3. The number of sulfonamides is 2. The summed E-state index contributed by atoms with van der Waals surface area (Å²) >= 11 is 0. The van der Waals surface area contributed by atoms with Crippen LogP contribution in [0.5, 0.6) is 0 Å². The molecule has 2 N–H and O–H groups in total. The molecule has 9 nitrogen and oxygen atoms in total. The minimum Gasteiger partial charge on any atom is -0.276 e. The van der Waals surface area contributed by atoms with E-state index in [2.05, 4.69) is 20.2 Å². The summed E-state index contributed by atoms with van der Waals surface area (Å²) < 4.78 is 49.6. The van der Waals surface area contributed by atoms with Crippen LogP contribution in [-0.2, 0) is 20.0 Å². The van der Waals surface area contributed by atoms with Crippen molar-refractivity contribution in [2.75, 3.05) is 19.5 Å². The Morgan fingerprint density at radius 1 is 0.880 bits per heavy atom. The van der Waals surface area contributed by atoms with Crippen LogP contribution in [0.4, 0.5) is 5.95 Å². The molecule has 25 heavy (non-hydrogen) atoms. The van der Waals surface area contributed by atoms with Gasteiger partial charge in [-0.15, -0.1) is 4.83 Å². The molecule has 0 aliphatic rings. The zero-order valence-corrected chi connectivity index (χ0v) is 15.8. The number of hydrogen-bond acceptors (Lipinski definition) is 7. The van der Waals surface area contributed by atoms with Crippen LogP contribution >= 0.6 is 0 Å². The molecule has 0 radical (unpaired) electrons. The molecule has 1 aromatic heterocycles. The quantitative estimate of drug-likeness (QED) is 0.700. The molecule has 0 bridgehead atoms. The molecule has 2 aromatic rings. The largest absolute Gasteiger partial charge is 0.276 e. The normalized spacial score (nSPS) is 12.4. The van der Waals surface area contributed by atoms with E-state index in [-0.39, 0.29) is 15.7 Å². The first-order valence-electron chi connectivity index (χ1n) is 7.15. The number of benzene rings is 1. The van der Waals surface area contributed by atoms with Crippen molar-refractivity contribution in [3.63, 3.8) is 0 Å². The smallest absolute Gasteiger partial charge is 0.257 e. The van der Waals surface area contributed by atoms with Gasteiger partial charge in [-0.1, -0.05) is 0 Å². The second kappa shape index (κ2) is 7.04. The lowest BCUT2D eigenvalue weighted by molar-refractivity contribution is 0.520. The Labute approximate surface area is 147 Å². The molecule has 0 atom stereocenters. The number of anilines is 1. The van der Waals surface area contributed by atoms with Crippen LogP contribution in [0.15, 0.2) is 40.1 Å². The van der Waals surface area contributed by atoms with Gasteiger partial charge >= 0.3 is 0 Å². The van der Waals surface area contributed by atoms with Crippen LogP contribution in [-0.4, -0.2) is 45.2 Å². The van der Waals surface area contributed by atoms with E-state index in [1.165, 1.54) is 38.4 Å². The van der Waals surface area contributed by atoms with Crippen LogP contribution < -0.4 is 10.3 Å². The summed E-state index contributed by atoms with van der Waals surface area (Å²) in [5, 5.41) is 0. The number of nitrogens with zero attached hydrogens (tertiary/aromatic N) is 3. The summed E-state index contributed by atoms with van der Waals surface area (Å²) in [4.78, 5) is 10.2. The van der Waals surface area contributed by atoms with Gasteiger partial charge < -0.3 is 0 Å². The summed E-state index contributed by atoms with van der Waals surface area (Å²) in [6.45, 7) is 3.52. The molecule has 0 saturated heterocycles. The molecule has 11 heteroatoms. The van der Waals surface area contributed by atoms with Crippen molar-refractivity contribution >= 4 is 26.0 Å². The fourth-order valence-electron chi connectivity index (χ4n) is 1.96. The monoisotopic (exact) mass is 385 g/mol. The molecule has 0 amide bonds. The number of nitrogens with one attached hydrogen (secondary N) is 2. The Morgan fingerprint density at radius 3 is 1.84 bits per heavy atom. The molecule has 2 rings (SSSR count). The van der Waals surface area contributed by atoms with E-state index in [0.29, 0.717) is 11.4 Å². The fraction of sp³-hybridized carbons (Fsp3) is 0.286. The molecule has 0 saturated carbocycles. The van der Waals surface area contributed by atoms with Gasteiger partial charge in [-0.2, -0.15) is 0 Å². The van der Waals surface area contributed by atoms with Gasteiger partial charge in [0.2, 0.25) is 16.0 Å². The highest BCUT2D eigenvalue weighted by molar-refractivity contribution is 7.89. The molecular weight excluding hydrogens is 366 g/mol. The molecule has 0 aliphatic carbocycles. The Kier molecular flexibility index (Phi) is 5.42. The first kappa shape index (κ1) is 19.2. The summed E-state index contributed by atoms with van der Waals surface area (Å²) in [5.41, 5.74) is 3.82. The van der Waals surface area contributed by atoms with Crippen molar-refractivity contribution in [1.29, 1.82) is 0 Å². The second-order valence-corrected chi connectivity index (χ2v) is 9.30. The minimum atomic E-state index is -3.92. The zero-order valence-electron chi connectivity index (χ0n) is 14.2. The first-order valence-corrected chi connectivity index (χ1v) is 10.1. The molecule has 136 valence electrons. The maximum Gasteiger partial charge on any atom is 0.257 e. The third kappa shape index (κ3) is 4.51. The highest BCUT2D eigenvalue weighted by Crippen LogP contribution is 2.16. The van der Waals surface area contributed by atoms with E-state index in [9.17, 15) is 16.8 Å². The Morgan fingerprint density at radius 2 is 1.36 bits per heavy atom. The van der Waals surface area contributed by atoms with E-state index in [0.717, 1.165) is 4.31 Å². The summed E-state index contributed by atoms with van der Waals surface area (Å²) in [5.74, 6) is 0.118. The standard InChI is InChI=1S/C14H19N5O4S2/c1-10-9-11(2)16-14(15-10)17-18-24(20,21)12-5-7-13(8-6-12)25(22,23)19(3)4/h5-9,18H,1-4H3,(H,15,16,17). The van der Waals surface area contributed by atoms with E-state index < -0.39 is 20.0 Å². The zero-order chi connectivity index (χ0) is 18.8. The highest BCUT2D eigenvalue weighted by Gasteiger charge is 2.19. The van der Waals surface area contributed by atoms with Gasteiger partial charge in [0.05, 0.1) is 9.79 Å². The van der Waals surface area contributed by atoms with Gasteiger partial charge in [-0.05, 0) is 44.2 Å². The molecule has 0 unspecified atom stereocenters. The third-order valence-electron chi connectivity index (χ3n) is 3.19. The van der Waals surface area contributed by atoms with Gasteiger partial charge in [-0.25, -0.2) is 31.1 Å². The van der Waals surface area contributed by atoms with Crippen LogP contribution in [0.3, 0.4) is 0 Å². The van der Waals surface area contributed by atoms with Gasteiger partial charge in [0.1, 0.15) is 0 Å². The number of hydrogen-bond donors (Lipinski definition) is 2. The van der Waals surface area contributed by atoms with Crippen LogP contribution in [0.1, 0.15) is 11.4 Å². The van der Waals surface area contributed by atoms with Gasteiger partial charge in [0.15, 0.2) is 0 Å². The molecule has 0 aliphatic heterocycles. The highest BCUT2D eigenvalue weighted by atomic mass is 32.2. The van der Waals surface area contributed by atoms with E-state index in [1.807, 2.05) is 0 Å². The Hall–Kier alpha value is -2.08. The molecular formula is C14H19N5O4S2. The molecule has 0 fully saturated rings. The number of aryl methyl sites for hydroxylation is 2. The summed E-state index contributed by atoms with van der Waals surface area (Å²) in [6.07, 6.45) is 0. The second-order valence-electron chi connectivity index (χ2n) is 5.46. The van der Waals surface area contributed by atoms with Gasteiger partial charge in [0.25, 0.3) is 10.0 Å². The maximum absolute atomic E-state index is 12.3. The lowest BCUT2D eigenvalue weighted by Gasteiger charge is -2.12.